The molecular formula is C18H23NO4S2. The summed E-state index contributed by atoms with van der Waals surface area (Å²) >= 11 is 1.17. The molecule has 1 saturated carbocycles. The van der Waals surface area contributed by atoms with E-state index in [1.807, 2.05) is 6.92 Å². The highest BCUT2D eigenvalue weighted by atomic mass is 32.2. The molecule has 0 radical (unpaired) electrons. The smallest absolute Gasteiger partial charge is 0.223 e. The molecule has 0 bridgehead atoms. The third-order valence-electron chi connectivity index (χ3n) is 4.99. The minimum absolute atomic E-state index is 0.0175. The third-order valence-corrected chi connectivity index (χ3v) is 8.49. The summed E-state index contributed by atoms with van der Waals surface area (Å²) in [5, 5.41) is 3.66. The van der Waals surface area contributed by atoms with E-state index in [4.69, 9.17) is 4.42 Å². The Hall–Kier alpha value is -1.60. The van der Waals surface area contributed by atoms with Crippen molar-refractivity contribution in [3.8, 4) is 0 Å². The zero-order valence-corrected chi connectivity index (χ0v) is 15.8. The van der Waals surface area contributed by atoms with Crippen molar-refractivity contribution in [2.24, 2.45) is 11.8 Å². The zero-order valence-electron chi connectivity index (χ0n) is 14.2. The molecule has 1 aliphatic carbocycles. The highest BCUT2D eigenvalue weighted by Gasteiger charge is 2.34. The van der Waals surface area contributed by atoms with E-state index in [0.717, 1.165) is 12.8 Å². The van der Waals surface area contributed by atoms with Crippen molar-refractivity contribution >= 4 is 27.1 Å². The maximum atomic E-state index is 12.9. The van der Waals surface area contributed by atoms with Crippen LogP contribution in [0.1, 0.15) is 43.6 Å². The van der Waals surface area contributed by atoms with E-state index in [0.29, 0.717) is 11.7 Å². The molecule has 2 aromatic heterocycles. The van der Waals surface area contributed by atoms with Crippen LogP contribution in [0.15, 0.2) is 44.5 Å². The molecule has 1 aliphatic rings. The Kier molecular flexibility index (Phi) is 5.64. The number of carbonyl (C=O) groups is 1. The SMILES string of the molecule is CC(C(=O)NCC(c1ccco1)S(=O)(=O)c1cccs1)C1CCCC1. The summed E-state index contributed by atoms with van der Waals surface area (Å²) in [7, 11) is -3.61. The van der Waals surface area contributed by atoms with Crippen molar-refractivity contribution in [2.75, 3.05) is 6.54 Å². The standard InChI is InChI=1S/C18H23NO4S2/c1-13(14-6-2-3-7-14)18(20)19-12-16(15-8-4-10-23-15)25(21,22)17-9-5-11-24-17/h4-5,8-11,13-14,16H,2-3,6-7,12H2,1H3,(H,19,20). The number of sulfone groups is 1. The number of rotatable bonds is 7. The van der Waals surface area contributed by atoms with Crippen LogP contribution in [-0.2, 0) is 14.6 Å². The van der Waals surface area contributed by atoms with Crippen LogP contribution in [0.25, 0.3) is 0 Å². The van der Waals surface area contributed by atoms with E-state index < -0.39 is 15.1 Å². The summed E-state index contributed by atoms with van der Waals surface area (Å²) in [5.41, 5.74) is 0. The lowest BCUT2D eigenvalue weighted by Crippen LogP contribution is -2.37. The topological polar surface area (TPSA) is 76.4 Å². The number of thiophene rings is 1. The van der Waals surface area contributed by atoms with E-state index in [1.54, 1.807) is 29.6 Å². The first kappa shape index (κ1) is 18.2. The number of amides is 1. The predicted molar refractivity (Wildman–Crippen MR) is 97.1 cm³/mol. The first-order valence-electron chi connectivity index (χ1n) is 8.58. The average molecular weight is 382 g/mol. The molecule has 2 heterocycles. The number of hydrogen-bond donors (Lipinski definition) is 1. The normalized spacial score (nSPS) is 18.1. The van der Waals surface area contributed by atoms with Gasteiger partial charge in [0.25, 0.3) is 0 Å². The van der Waals surface area contributed by atoms with Crippen LogP contribution < -0.4 is 5.32 Å². The number of hydrogen-bond acceptors (Lipinski definition) is 5. The van der Waals surface area contributed by atoms with Gasteiger partial charge in [0.1, 0.15) is 15.2 Å². The second-order valence-corrected chi connectivity index (χ2v) is 9.86. The van der Waals surface area contributed by atoms with Gasteiger partial charge >= 0.3 is 0 Å². The van der Waals surface area contributed by atoms with Crippen LogP contribution in [0, 0.1) is 11.8 Å². The fraction of sp³-hybridized carbons (Fsp3) is 0.500. The van der Waals surface area contributed by atoms with Gasteiger partial charge in [0, 0.05) is 12.5 Å². The Bertz CT molecular complexity index is 775. The molecule has 0 spiro atoms. The third kappa shape index (κ3) is 3.98. The lowest BCUT2D eigenvalue weighted by atomic mass is 9.92. The van der Waals surface area contributed by atoms with Crippen molar-refractivity contribution < 1.29 is 17.6 Å². The maximum Gasteiger partial charge on any atom is 0.223 e. The highest BCUT2D eigenvalue weighted by molar-refractivity contribution is 7.93. The Morgan fingerprint density at radius 1 is 1.32 bits per heavy atom. The van der Waals surface area contributed by atoms with E-state index in [1.165, 1.54) is 30.4 Å². The largest absolute Gasteiger partial charge is 0.468 e. The predicted octanol–water partition coefficient (Wildman–Crippen LogP) is 3.80. The van der Waals surface area contributed by atoms with Crippen LogP contribution in [0.3, 0.4) is 0 Å². The molecule has 1 fully saturated rings. The maximum absolute atomic E-state index is 12.9. The molecule has 2 aromatic rings. The first-order valence-corrected chi connectivity index (χ1v) is 11.0. The van der Waals surface area contributed by atoms with Crippen molar-refractivity contribution in [1.29, 1.82) is 0 Å². The van der Waals surface area contributed by atoms with Crippen LogP contribution in [0.4, 0.5) is 0 Å². The second-order valence-electron chi connectivity index (χ2n) is 6.56. The van der Waals surface area contributed by atoms with Crippen LogP contribution in [0.5, 0.6) is 0 Å². The Morgan fingerprint density at radius 2 is 2.08 bits per heavy atom. The highest BCUT2D eigenvalue weighted by Crippen LogP contribution is 2.33. The molecule has 0 aromatic carbocycles. The summed E-state index contributed by atoms with van der Waals surface area (Å²) in [6.07, 6.45) is 5.94. The van der Waals surface area contributed by atoms with Gasteiger partial charge in [0.2, 0.25) is 5.91 Å². The summed E-state index contributed by atoms with van der Waals surface area (Å²) in [4.78, 5) is 12.5. The summed E-state index contributed by atoms with van der Waals surface area (Å²) < 4.78 is 31.5. The lowest BCUT2D eigenvalue weighted by molar-refractivity contribution is -0.126. The molecule has 25 heavy (non-hydrogen) atoms. The van der Waals surface area contributed by atoms with Crippen molar-refractivity contribution in [2.45, 2.75) is 42.1 Å². The minimum Gasteiger partial charge on any atom is -0.468 e. The minimum atomic E-state index is -3.61. The van der Waals surface area contributed by atoms with Crippen molar-refractivity contribution in [3.63, 3.8) is 0 Å². The lowest BCUT2D eigenvalue weighted by Gasteiger charge is -2.20. The molecule has 7 heteroatoms. The number of nitrogens with one attached hydrogen (secondary N) is 1. The zero-order chi connectivity index (χ0) is 17.9. The summed E-state index contributed by atoms with van der Waals surface area (Å²) in [6.45, 7) is 1.95. The van der Waals surface area contributed by atoms with Gasteiger partial charge in [-0.05, 0) is 42.3 Å². The molecule has 1 amide bonds. The van der Waals surface area contributed by atoms with E-state index in [9.17, 15) is 13.2 Å². The molecule has 0 saturated heterocycles. The van der Waals surface area contributed by atoms with Gasteiger partial charge in [-0.1, -0.05) is 25.8 Å². The first-order chi connectivity index (χ1) is 12.0. The van der Waals surface area contributed by atoms with E-state index in [-0.39, 0.29) is 22.6 Å². The number of carbonyl (C=O) groups excluding carboxylic acids is 1. The average Bonchev–Trinajstić information content (AvgIpc) is 3.36. The Labute approximate surface area is 152 Å². The van der Waals surface area contributed by atoms with Gasteiger partial charge in [-0.15, -0.1) is 11.3 Å². The summed E-state index contributed by atoms with van der Waals surface area (Å²) in [5.74, 6) is 0.576. The second kappa shape index (κ2) is 7.74. The van der Waals surface area contributed by atoms with Gasteiger partial charge in [0.15, 0.2) is 9.84 Å². The molecule has 136 valence electrons. The van der Waals surface area contributed by atoms with Gasteiger partial charge in [0.05, 0.1) is 6.26 Å². The van der Waals surface area contributed by atoms with Gasteiger partial charge < -0.3 is 9.73 Å². The molecular weight excluding hydrogens is 358 g/mol. The van der Waals surface area contributed by atoms with Gasteiger partial charge in [-0.3, -0.25) is 4.79 Å². The fourth-order valence-corrected chi connectivity index (χ4v) is 6.22. The van der Waals surface area contributed by atoms with Gasteiger partial charge in [-0.2, -0.15) is 0 Å². The van der Waals surface area contributed by atoms with Crippen molar-refractivity contribution in [3.05, 3.63) is 41.7 Å². The summed E-state index contributed by atoms with van der Waals surface area (Å²) in [6, 6.07) is 6.59. The fourth-order valence-electron chi connectivity index (χ4n) is 3.43. The molecule has 3 rings (SSSR count). The molecule has 2 atom stereocenters. The Morgan fingerprint density at radius 3 is 2.68 bits per heavy atom. The van der Waals surface area contributed by atoms with Crippen molar-refractivity contribution in [1.82, 2.24) is 5.32 Å². The molecule has 5 nitrogen and oxygen atoms in total. The molecule has 2 unspecified atom stereocenters. The molecule has 0 aliphatic heterocycles. The monoisotopic (exact) mass is 381 g/mol. The van der Waals surface area contributed by atoms with Gasteiger partial charge in [-0.25, -0.2) is 8.42 Å². The molecule has 1 N–H and O–H groups in total. The number of furan rings is 1. The van der Waals surface area contributed by atoms with Crippen LogP contribution in [-0.4, -0.2) is 20.9 Å². The van der Waals surface area contributed by atoms with E-state index in [2.05, 4.69) is 5.32 Å². The van der Waals surface area contributed by atoms with E-state index >= 15 is 0 Å². The Balaban J connectivity index is 1.74. The quantitative estimate of drug-likeness (QED) is 0.791. The van der Waals surface area contributed by atoms with Crippen LogP contribution >= 0.6 is 11.3 Å². The van der Waals surface area contributed by atoms with Crippen LogP contribution in [0.2, 0.25) is 0 Å².